The number of carbonyl (C=O) groups excluding carboxylic acids is 1. The average molecular weight is 372 g/mol. The Labute approximate surface area is 148 Å². The molecule has 2 saturated heterocycles. The summed E-state index contributed by atoms with van der Waals surface area (Å²) < 4.78 is 26.8. The van der Waals surface area contributed by atoms with Gasteiger partial charge < -0.3 is 4.90 Å². The van der Waals surface area contributed by atoms with Crippen LogP contribution in [0.25, 0.3) is 0 Å². The van der Waals surface area contributed by atoms with Crippen molar-refractivity contribution in [2.45, 2.75) is 25.8 Å². The van der Waals surface area contributed by atoms with Gasteiger partial charge in [-0.25, -0.2) is 8.42 Å². The summed E-state index contributed by atoms with van der Waals surface area (Å²) in [4.78, 5) is 16.3. The fourth-order valence-corrected chi connectivity index (χ4v) is 6.13. The molecule has 24 heavy (non-hydrogen) atoms. The van der Waals surface area contributed by atoms with E-state index in [2.05, 4.69) is 0 Å². The number of hydrogen-bond donors (Lipinski definition) is 0. The molecule has 0 saturated carbocycles. The number of carbonyl (C=O) groups is 1. The van der Waals surface area contributed by atoms with Gasteiger partial charge in [-0.2, -0.15) is 15.6 Å². The molecule has 3 rings (SSSR count). The molecular weight excluding hydrogens is 346 g/mol. The number of anilines is 1. The molecule has 2 aliphatic rings. The highest BCUT2D eigenvalue weighted by Crippen LogP contribution is 2.35. The molecule has 0 aliphatic carbocycles. The number of thiophene rings is 1. The molecule has 0 N–H and O–H groups in total. The van der Waals surface area contributed by atoms with Crippen molar-refractivity contribution < 1.29 is 13.2 Å². The SMILES string of the molecule is CC(C)CS(=O)(=O)N1CC[C@@]2(CN(c3ccsc3)C(=O)CN2C)C1. The minimum atomic E-state index is -3.24. The number of hydrogen-bond acceptors (Lipinski definition) is 5. The minimum Gasteiger partial charge on any atom is -0.309 e. The molecule has 0 unspecified atom stereocenters. The van der Waals surface area contributed by atoms with Crippen molar-refractivity contribution in [2.24, 2.45) is 5.92 Å². The van der Waals surface area contributed by atoms with Gasteiger partial charge in [0.15, 0.2) is 0 Å². The third kappa shape index (κ3) is 3.24. The highest BCUT2D eigenvalue weighted by Gasteiger charge is 2.50. The normalized spacial score (nSPS) is 26.8. The summed E-state index contributed by atoms with van der Waals surface area (Å²) in [5.74, 6) is 0.365. The maximum Gasteiger partial charge on any atom is 0.241 e. The minimum absolute atomic E-state index is 0.0741. The highest BCUT2D eigenvalue weighted by atomic mass is 32.2. The van der Waals surface area contributed by atoms with Crippen LogP contribution in [0.5, 0.6) is 0 Å². The first-order valence-electron chi connectivity index (χ1n) is 8.25. The van der Waals surface area contributed by atoms with Crippen molar-refractivity contribution in [3.63, 3.8) is 0 Å². The van der Waals surface area contributed by atoms with Crippen LogP contribution in [-0.2, 0) is 14.8 Å². The highest BCUT2D eigenvalue weighted by molar-refractivity contribution is 7.89. The molecule has 8 heteroatoms. The monoisotopic (exact) mass is 371 g/mol. The smallest absolute Gasteiger partial charge is 0.241 e. The van der Waals surface area contributed by atoms with Gasteiger partial charge in [0.25, 0.3) is 0 Å². The second-order valence-electron chi connectivity index (χ2n) is 7.30. The lowest BCUT2D eigenvalue weighted by molar-refractivity contribution is -0.123. The first-order valence-corrected chi connectivity index (χ1v) is 10.8. The summed E-state index contributed by atoms with van der Waals surface area (Å²) in [5.41, 5.74) is 0.626. The van der Waals surface area contributed by atoms with Gasteiger partial charge in [0.2, 0.25) is 15.9 Å². The summed E-state index contributed by atoms with van der Waals surface area (Å²) in [5, 5.41) is 3.93. The van der Waals surface area contributed by atoms with E-state index >= 15 is 0 Å². The van der Waals surface area contributed by atoms with Crippen LogP contribution in [0.3, 0.4) is 0 Å². The first kappa shape index (κ1) is 17.8. The largest absolute Gasteiger partial charge is 0.309 e. The molecule has 3 heterocycles. The lowest BCUT2D eigenvalue weighted by atomic mass is 9.93. The zero-order valence-corrected chi connectivity index (χ0v) is 16.1. The van der Waals surface area contributed by atoms with E-state index in [1.54, 1.807) is 15.6 Å². The Balaban J connectivity index is 1.81. The van der Waals surface area contributed by atoms with Gasteiger partial charge in [-0.15, -0.1) is 0 Å². The maximum atomic E-state index is 12.6. The van der Waals surface area contributed by atoms with Crippen molar-refractivity contribution in [3.05, 3.63) is 16.8 Å². The molecule has 2 aliphatic heterocycles. The molecule has 0 aromatic carbocycles. The summed E-state index contributed by atoms with van der Waals surface area (Å²) in [6.45, 7) is 5.72. The lowest BCUT2D eigenvalue weighted by Gasteiger charge is -2.46. The van der Waals surface area contributed by atoms with Crippen LogP contribution >= 0.6 is 11.3 Å². The Hall–Kier alpha value is -0.960. The van der Waals surface area contributed by atoms with E-state index in [1.807, 2.05) is 47.5 Å². The third-order valence-corrected chi connectivity index (χ3v) is 7.85. The van der Waals surface area contributed by atoms with E-state index in [9.17, 15) is 13.2 Å². The molecule has 6 nitrogen and oxygen atoms in total. The summed E-state index contributed by atoms with van der Waals surface area (Å²) in [7, 11) is -1.31. The molecule has 1 spiro atoms. The third-order valence-electron chi connectivity index (χ3n) is 4.99. The summed E-state index contributed by atoms with van der Waals surface area (Å²) in [6.07, 6.45) is 0.759. The van der Waals surface area contributed by atoms with Crippen molar-refractivity contribution in [1.29, 1.82) is 0 Å². The molecule has 134 valence electrons. The number of nitrogens with zero attached hydrogens (tertiary/aromatic N) is 3. The van der Waals surface area contributed by atoms with Crippen molar-refractivity contribution in [2.75, 3.05) is 43.9 Å². The zero-order valence-electron chi connectivity index (χ0n) is 14.4. The van der Waals surface area contributed by atoms with E-state index in [0.29, 0.717) is 26.2 Å². The Morgan fingerprint density at radius 2 is 2.08 bits per heavy atom. The number of piperazine rings is 1. The second-order valence-corrected chi connectivity index (χ2v) is 10.1. The fraction of sp³-hybridized carbons (Fsp3) is 0.688. The van der Waals surface area contributed by atoms with Gasteiger partial charge in [0.1, 0.15) is 0 Å². The van der Waals surface area contributed by atoms with Crippen LogP contribution in [0.15, 0.2) is 16.8 Å². The predicted molar refractivity (Wildman–Crippen MR) is 96.8 cm³/mol. The van der Waals surface area contributed by atoms with Gasteiger partial charge >= 0.3 is 0 Å². The van der Waals surface area contributed by atoms with E-state index in [4.69, 9.17) is 0 Å². The van der Waals surface area contributed by atoms with Crippen LogP contribution in [0.2, 0.25) is 0 Å². The Morgan fingerprint density at radius 3 is 2.71 bits per heavy atom. The second kappa shape index (κ2) is 6.40. The topological polar surface area (TPSA) is 60.9 Å². The number of likely N-dealkylation sites (N-methyl/N-ethyl adjacent to an activating group) is 1. The van der Waals surface area contributed by atoms with Gasteiger partial charge in [0.05, 0.1) is 23.5 Å². The number of amides is 1. The van der Waals surface area contributed by atoms with Crippen LogP contribution in [0, 0.1) is 5.92 Å². The number of sulfonamides is 1. The van der Waals surface area contributed by atoms with Gasteiger partial charge in [-0.05, 0) is 30.8 Å². The van der Waals surface area contributed by atoms with E-state index < -0.39 is 10.0 Å². The van der Waals surface area contributed by atoms with Crippen molar-refractivity contribution >= 4 is 33.0 Å². The van der Waals surface area contributed by atoms with Crippen LogP contribution in [0.1, 0.15) is 20.3 Å². The van der Waals surface area contributed by atoms with Crippen LogP contribution in [0.4, 0.5) is 5.69 Å². The van der Waals surface area contributed by atoms with Crippen molar-refractivity contribution in [3.8, 4) is 0 Å². The van der Waals surface area contributed by atoms with Gasteiger partial charge in [-0.3, -0.25) is 9.69 Å². The predicted octanol–water partition coefficient (Wildman–Crippen LogP) is 1.46. The molecule has 0 bridgehead atoms. The van der Waals surface area contributed by atoms with E-state index in [1.165, 1.54) is 0 Å². The molecule has 1 atom stereocenters. The summed E-state index contributed by atoms with van der Waals surface area (Å²) >= 11 is 1.56. The van der Waals surface area contributed by atoms with Gasteiger partial charge in [0, 0.05) is 25.0 Å². The van der Waals surface area contributed by atoms with Crippen LogP contribution in [-0.4, -0.2) is 68.0 Å². The lowest BCUT2D eigenvalue weighted by Crippen LogP contribution is -2.64. The molecule has 1 amide bonds. The molecule has 1 aromatic heterocycles. The molecule has 0 radical (unpaired) electrons. The Morgan fingerprint density at radius 1 is 1.33 bits per heavy atom. The van der Waals surface area contributed by atoms with E-state index in [-0.39, 0.29) is 23.1 Å². The Kier molecular flexibility index (Phi) is 4.76. The van der Waals surface area contributed by atoms with Crippen molar-refractivity contribution in [1.82, 2.24) is 9.21 Å². The van der Waals surface area contributed by atoms with Crippen LogP contribution < -0.4 is 4.90 Å². The summed E-state index contributed by atoms with van der Waals surface area (Å²) in [6, 6.07) is 1.95. The Bertz CT molecular complexity index is 702. The first-order chi connectivity index (χ1) is 11.2. The molecule has 2 fully saturated rings. The number of rotatable bonds is 4. The molecule has 1 aromatic rings. The van der Waals surface area contributed by atoms with E-state index in [0.717, 1.165) is 12.1 Å². The average Bonchev–Trinajstić information content (AvgIpc) is 3.13. The van der Waals surface area contributed by atoms with Gasteiger partial charge in [-0.1, -0.05) is 13.8 Å². The quantitative estimate of drug-likeness (QED) is 0.804. The zero-order chi connectivity index (χ0) is 17.5. The molecular formula is C16H25N3O3S2. The standard InChI is InChI=1S/C16H25N3O3S2/c1-13(2)10-24(21,22)18-6-5-16(11-18)12-19(14-4-7-23-9-14)15(20)8-17(16)3/h4,7,9,13H,5-6,8,10-12H2,1-3H3/t16-/m0/s1. The maximum absolute atomic E-state index is 12.6. The fourth-order valence-electron chi connectivity index (χ4n) is 3.63.